The first-order valence-corrected chi connectivity index (χ1v) is 4.03. The molecular formula is C8H16N2O2. The van der Waals surface area contributed by atoms with E-state index in [-0.39, 0.29) is 6.04 Å². The monoisotopic (exact) mass is 172 g/mol. The Balaban J connectivity index is 3.76. The number of hydrogen-bond acceptors (Lipinski definition) is 2. The van der Waals surface area contributed by atoms with Crippen molar-refractivity contribution in [2.24, 2.45) is 11.7 Å². The Labute approximate surface area is 72.5 Å². The van der Waals surface area contributed by atoms with Crippen LogP contribution in [0.3, 0.4) is 0 Å². The first-order valence-electron chi connectivity index (χ1n) is 4.03. The van der Waals surface area contributed by atoms with Crippen molar-refractivity contribution in [2.75, 3.05) is 0 Å². The molecule has 4 nitrogen and oxygen atoms in total. The highest BCUT2D eigenvalue weighted by molar-refractivity contribution is 6.34. The number of carbonyl (C=O) groups is 2. The lowest BCUT2D eigenvalue weighted by Crippen LogP contribution is -2.41. The van der Waals surface area contributed by atoms with Gasteiger partial charge in [-0.3, -0.25) is 9.59 Å². The molecule has 1 unspecified atom stereocenters. The van der Waals surface area contributed by atoms with Gasteiger partial charge in [0.1, 0.15) is 0 Å². The van der Waals surface area contributed by atoms with Gasteiger partial charge in [0, 0.05) is 6.04 Å². The number of nitrogens with two attached hydrogens (primary N) is 1. The topological polar surface area (TPSA) is 72.2 Å². The van der Waals surface area contributed by atoms with E-state index in [1.807, 2.05) is 20.8 Å². The van der Waals surface area contributed by atoms with Crippen molar-refractivity contribution >= 4 is 11.8 Å². The van der Waals surface area contributed by atoms with Crippen LogP contribution in [0, 0.1) is 5.92 Å². The molecule has 0 bridgehead atoms. The van der Waals surface area contributed by atoms with E-state index in [0.29, 0.717) is 5.92 Å². The summed E-state index contributed by atoms with van der Waals surface area (Å²) in [6.07, 6.45) is 0.846. The van der Waals surface area contributed by atoms with Crippen molar-refractivity contribution < 1.29 is 9.59 Å². The first kappa shape index (κ1) is 10.9. The van der Waals surface area contributed by atoms with Crippen LogP contribution in [0.1, 0.15) is 27.2 Å². The highest BCUT2D eigenvalue weighted by Gasteiger charge is 2.12. The van der Waals surface area contributed by atoms with Crippen molar-refractivity contribution in [3.8, 4) is 0 Å². The molecule has 0 saturated heterocycles. The van der Waals surface area contributed by atoms with Gasteiger partial charge in [-0.1, -0.05) is 13.8 Å². The third kappa shape index (κ3) is 4.71. The lowest BCUT2D eigenvalue weighted by atomic mass is 10.1. The Hall–Kier alpha value is -1.06. The van der Waals surface area contributed by atoms with Gasteiger partial charge in [-0.25, -0.2) is 0 Å². The average molecular weight is 172 g/mol. The fourth-order valence-electron chi connectivity index (χ4n) is 1.06. The molecular weight excluding hydrogens is 156 g/mol. The quantitative estimate of drug-likeness (QED) is 0.589. The third-order valence-corrected chi connectivity index (χ3v) is 1.43. The van der Waals surface area contributed by atoms with Gasteiger partial charge >= 0.3 is 11.8 Å². The van der Waals surface area contributed by atoms with E-state index in [1.165, 1.54) is 0 Å². The van der Waals surface area contributed by atoms with Crippen molar-refractivity contribution in [3.05, 3.63) is 0 Å². The fraction of sp³-hybridized carbons (Fsp3) is 0.750. The number of primary amides is 1. The highest BCUT2D eigenvalue weighted by atomic mass is 16.2. The molecule has 2 amide bonds. The lowest BCUT2D eigenvalue weighted by molar-refractivity contribution is -0.137. The van der Waals surface area contributed by atoms with Gasteiger partial charge in [-0.2, -0.15) is 0 Å². The largest absolute Gasteiger partial charge is 0.361 e. The molecule has 0 aromatic heterocycles. The number of carbonyl (C=O) groups excluding carboxylic acids is 2. The van der Waals surface area contributed by atoms with Gasteiger partial charge in [0.25, 0.3) is 0 Å². The second kappa shape index (κ2) is 4.74. The second-order valence-corrected chi connectivity index (χ2v) is 3.37. The minimum atomic E-state index is -0.925. The molecule has 0 fully saturated rings. The minimum Gasteiger partial charge on any atom is -0.361 e. The normalized spacial score (nSPS) is 12.7. The molecule has 0 aliphatic heterocycles. The summed E-state index contributed by atoms with van der Waals surface area (Å²) < 4.78 is 0. The summed E-state index contributed by atoms with van der Waals surface area (Å²) in [5, 5.41) is 2.50. The fourth-order valence-corrected chi connectivity index (χ4v) is 1.06. The van der Waals surface area contributed by atoms with E-state index in [0.717, 1.165) is 6.42 Å². The summed E-state index contributed by atoms with van der Waals surface area (Å²) in [5.41, 5.74) is 4.76. The first-order chi connectivity index (χ1) is 5.43. The standard InChI is InChI=1S/C8H16N2O2/c1-5(2)4-6(3)10-8(12)7(9)11/h5-6H,4H2,1-3H3,(H2,9,11)(H,10,12). The van der Waals surface area contributed by atoms with E-state index in [4.69, 9.17) is 5.73 Å². The predicted octanol–water partition coefficient (Wildman–Crippen LogP) is 0.0225. The number of hydrogen-bond donors (Lipinski definition) is 2. The van der Waals surface area contributed by atoms with Gasteiger partial charge < -0.3 is 11.1 Å². The zero-order valence-corrected chi connectivity index (χ0v) is 7.76. The minimum absolute atomic E-state index is 0.00463. The molecule has 0 aliphatic rings. The Morgan fingerprint density at radius 1 is 1.33 bits per heavy atom. The van der Waals surface area contributed by atoms with Crippen LogP contribution in [-0.2, 0) is 9.59 Å². The molecule has 0 aliphatic carbocycles. The molecule has 0 saturated carbocycles. The third-order valence-electron chi connectivity index (χ3n) is 1.43. The molecule has 70 valence electrons. The van der Waals surface area contributed by atoms with E-state index < -0.39 is 11.8 Å². The number of rotatable bonds is 3. The Morgan fingerprint density at radius 3 is 2.17 bits per heavy atom. The summed E-state index contributed by atoms with van der Waals surface area (Å²) in [6.45, 7) is 5.95. The van der Waals surface area contributed by atoms with E-state index >= 15 is 0 Å². The van der Waals surface area contributed by atoms with Gasteiger partial charge in [-0.05, 0) is 19.3 Å². The predicted molar refractivity (Wildman–Crippen MR) is 46.3 cm³/mol. The van der Waals surface area contributed by atoms with Crippen LogP contribution in [0.5, 0.6) is 0 Å². The van der Waals surface area contributed by atoms with E-state index in [1.54, 1.807) is 0 Å². The zero-order chi connectivity index (χ0) is 9.72. The van der Waals surface area contributed by atoms with Crippen LogP contribution in [0.4, 0.5) is 0 Å². The maximum atomic E-state index is 10.7. The van der Waals surface area contributed by atoms with Crippen LogP contribution in [-0.4, -0.2) is 17.9 Å². The second-order valence-electron chi connectivity index (χ2n) is 3.37. The highest BCUT2D eigenvalue weighted by Crippen LogP contribution is 2.03. The molecule has 0 aromatic carbocycles. The molecule has 0 rings (SSSR count). The Bertz CT molecular complexity index is 178. The van der Waals surface area contributed by atoms with Gasteiger partial charge in [-0.15, -0.1) is 0 Å². The zero-order valence-electron chi connectivity index (χ0n) is 7.76. The molecule has 0 spiro atoms. The molecule has 0 heterocycles. The van der Waals surface area contributed by atoms with Gasteiger partial charge in [0.15, 0.2) is 0 Å². The Kier molecular flexibility index (Phi) is 4.33. The van der Waals surface area contributed by atoms with Gasteiger partial charge in [0.2, 0.25) is 0 Å². The Morgan fingerprint density at radius 2 is 1.83 bits per heavy atom. The number of nitrogens with one attached hydrogen (secondary N) is 1. The molecule has 1 atom stereocenters. The average Bonchev–Trinajstić information content (AvgIpc) is 1.84. The SMILES string of the molecule is CC(C)CC(C)NC(=O)C(N)=O. The van der Waals surface area contributed by atoms with Crippen LogP contribution >= 0.6 is 0 Å². The molecule has 4 heteroatoms. The van der Waals surface area contributed by atoms with Crippen LogP contribution in [0.25, 0.3) is 0 Å². The smallest absolute Gasteiger partial charge is 0.309 e. The number of amides is 2. The van der Waals surface area contributed by atoms with Crippen LogP contribution in [0.2, 0.25) is 0 Å². The van der Waals surface area contributed by atoms with Gasteiger partial charge in [0.05, 0.1) is 0 Å². The van der Waals surface area contributed by atoms with Crippen molar-refractivity contribution in [3.63, 3.8) is 0 Å². The maximum absolute atomic E-state index is 10.7. The molecule has 12 heavy (non-hydrogen) atoms. The summed E-state index contributed by atoms with van der Waals surface area (Å²) in [5.74, 6) is -1.14. The summed E-state index contributed by atoms with van der Waals surface area (Å²) in [4.78, 5) is 21.1. The summed E-state index contributed by atoms with van der Waals surface area (Å²) in [6, 6.07) is 0.00463. The van der Waals surface area contributed by atoms with Crippen LogP contribution in [0.15, 0.2) is 0 Å². The van der Waals surface area contributed by atoms with Crippen LogP contribution < -0.4 is 11.1 Å². The summed E-state index contributed by atoms with van der Waals surface area (Å²) >= 11 is 0. The molecule has 0 radical (unpaired) electrons. The molecule has 0 aromatic rings. The lowest BCUT2D eigenvalue weighted by Gasteiger charge is -2.14. The van der Waals surface area contributed by atoms with E-state index in [2.05, 4.69) is 5.32 Å². The molecule has 3 N–H and O–H groups in total. The summed E-state index contributed by atoms with van der Waals surface area (Å²) in [7, 11) is 0. The van der Waals surface area contributed by atoms with Crippen molar-refractivity contribution in [1.82, 2.24) is 5.32 Å². The maximum Gasteiger partial charge on any atom is 0.309 e. The van der Waals surface area contributed by atoms with Crippen molar-refractivity contribution in [2.45, 2.75) is 33.2 Å². The van der Waals surface area contributed by atoms with Crippen molar-refractivity contribution in [1.29, 1.82) is 0 Å². The van der Waals surface area contributed by atoms with E-state index in [9.17, 15) is 9.59 Å².